The van der Waals surface area contributed by atoms with Crippen molar-refractivity contribution in [2.24, 2.45) is 5.41 Å². The van der Waals surface area contributed by atoms with Crippen LogP contribution >= 0.6 is 11.3 Å². The molecular weight excluding hydrogens is 222 g/mol. The summed E-state index contributed by atoms with van der Waals surface area (Å²) in [5.41, 5.74) is -0.0823. The number of hydrogen-bond donors (Lipinski definition) is 2. The Morgan fingerprint density at radius 1 is 1.62 bits per heavy atom. The van der Waals surface area contributed by atoms with Crippen molar-refractivity contribution in [2.45, 2.75) is 33.3 Å². The van der Waals surface area contributed by atoms with Gasteiger partial charge < -0.3 is 10.4 Å². The molecule has 1 rings (SSSR count). The maximum Gasteiger partial charge on any atom is 0.261 e. The van der Waals surface area contributed by atoms with Crippen LogP contribution in [-0.4, -0.2) is 23.7 Å². The molecule has 1 amide bonds. The molecule has 1 heterocycles. The summed E-state index contributed by atoms with van der Waals surface area (Å²) in [6.45, 7) is 6.42. The molecule has 0 aliphatic rings. The average molecular weight is 241 g/mol. The van der Waals surface area contributed by atoms with E-state index in [4.69, 9.17) is 0 Å². The zero-order chi connectivity index (χ0) is 12.2. The fourth-order valence-electron chi connectivity index (χ4n) is 1.69. The Balaban J connectivity index is 2.42. The second-order valence-corrected chi connectivity index (χ2v) is 5.83. The van der Waals surface area contributed by atoms with Gasteiger partial charge in [0.05, 0.1) is 11.0 Å². The van der Waals surface area contributed by atoms with E-state index >= 15 is 0 Å². The molecule has 0 aromatic carbocycles. The molecule has 0 saturated heterocycles. The second kappa shape index (κ2) is 5.46. The number of carbonyl (C=O) groups excluding carboxylic acids is 1. The van der Waals surface area contributed by atoms with Crippen molar-refractivity contribution in [1.29, 1.82) is 0 Å². The van der Waals surface area contributed by atoms with E-state index in [1.165, 1.54) is 11.3 Å². The van der Waals surface area contributed by atoms with Crippen LogP contribution in [0.1, 0.15) is 36.9 Å². The third-order valence-electron chi connectivity index (χ3n) is 2.32. The van der Waals surface area contributed by atoms with Gasteiger partial charge in [-0.2, -0.15) is 0 Å². The maximum absolute atomic E-state index is 11.7. The van der Waals surface area contributed by atoms with Crippen LogP contribution in [0.2, 0.25) is 0 Å². The largest absolute Gasteiger partial charge is 0.393 e. The maximum atomic E-state index is 11.7. The molecule has 90 valence electrons. The van der Waals surface area contributed by atoms with Crippen molar-refractivity contribution in [3.63, 3.8) is 0 Å². The third-order valence-corrected chi connectivity index (χ3v) is 3.19. The van der Waals surface area contributed by atoms with Crippen LogP contribution in [0.3, 0.4) is 0 Å². The summed E-state index contributed by atoms with van der Waals surface area (Å²) in [6.07, 6.45) is 0.339. The van der Waals surface area contributed by atoms with E-state index in [-0.39, 0.29) is 17.4 Å². The molecule has 0 aliphatic carbocycles. The number of aliphatic hydroxyl groups excluding tert-OH is 1. The summed E-state index contributed by atoms with van der Waals surface area (Å²) in [6, 6.07) is 3.67. The molecule has 1 atom stereocenters. The van der Waals surface area contributed by atoms with Crippen molar-refractivity contribution in [1.82, 2.24) is 5.32 Å². The van der Waals surface area contributed by atoms with Gasteiger partial charge in [0.15, 0.2) is 0 Å². The van der Waals surface area contributed by atoms with E-state index in [0.717, 1.165) is 4.88 Å². The molecule has 1 aromatic heterocycles. The molecule has 0 fully saturated rings. The zero-order valence-corrected chi connectivity index (χ0v) is 10.8. The highest BCUT2D eigenvalue weighted by Gasteiger charge is 2.21. The molecule has 0 saturated carbocycles. The van der Waals surface area contributed by atoms with Crippen molar-refractivity contribution in [3.8, 4) is 0 Å². The van der Waals surface area contributed by atoms with Crippen LogP contribution in [-0.2, 0) is 0 Å². The molecule has 2 N–H and O–H groups in total. The van der Waals surface area contributed by atoms with Crippen molar-refractivity contribution in [2.75, 3.05) is 6.54 Å². The number of amides is 1. The quantitative estimate of drug-likeness (QED) is 0.831. The van der Waals surface area contributed by atoms with Crippen LogP contribution in [0.5, 0.6) is 0 Å². The van der Waals surface area contributed by atoms with Gasteiger partial charge >= 0.3 is 0 Å². The molecule has 3 nitrogen and oxygen atoms in total. The molecule has 16 heavy (non-hydrogen) atoms. The average Bonchev–Trinajstić information content (AvgIpc) is 2.64. The first-order chi connectivity index (χ1) is 7.41. The highest BCUT2D eigenvalue weighted by atomic mass is 32.1. The number of carbonyl (C=O) groups is 1. The Kier molecular flexibility index (Phi) is 4.50. The van der Waals surface area contributed by atoms with Gasteiger partial charge in [-0.1, -0.05) is 19.9 Å². The lowest BCUT2D eigenvalue weighted by Gasteiger charge is -2.26. The molecule has 1 aromatic rings. The minimum absolute atomic E-state index is 0.0336. The molecular formula is C12H19NO2S. The topological polar surface area (TPSA) is 49.3 Å². The fraction of sp³-hybridized carbons (Fsp3) is 0.583. The van der Waals surface area contributed by atoms with Gasteiger partial charge in [-0.3, -0.25) is 4.79 Å². The second-order valence-electron chi connectivity index (χ2n) is 4.88. The van der Waals surface area contributed by atoms with E-state index in [0.29, 0.717) is 13.0 Å². The van der Waals surface area contributed by atoms with Gasteiger partial charge in [0.1, 0.15) is 0 Å². The first kappa shape index (κ1) is 13.2. The van der Waals surface area contributed by atoms with E-state index in [1.54, 1.807) is 6.92 Å². The van der Waals surface area contributed by atoms with E-state index in [2.05, 4.69) is 5.32 Å². The number of hydrogen-bond acceptors (Lipinski definition) is 3. The van der Waals surface area contributed by atoms with Gasteiger partial charge in [0.25, 0.3) is 5.91 Å². The van der Waals surface area contributed by atoms with Crippen LogP contribution in [0.25, 0.3) is 0 Å². The van der Waals surface area contributed by atoms with E-state index < -0.39 is 0 Å². The van der Waals surface area contributed by atoms with Crippen molar-refractivity contribution in [3.05, 3.63) is 22.4 Å². The van der Waals surface area contributed by atoms with E-state index in [1.807, 2.05) is 31.4 Å². The van der Waals surface area contributed by atoms with Crippen LogP contribution in [0, 0.1) is 5.41 Å². The summed E-state index contributed by atoms with van der Waals surface area (Å²) < 4.78 is 0. The molecule has 0 aliphatic heterocycles. The smallest absolute Gasteiger partial charge is 0.261 e. The Bertz CT molecular complexity index is 331. The standard InChI is InChI=1S/C12H19NO2S/c1-9(14)7-12(2,3)8-13-11(15)10-5-4-6-16-10/h4-6,9,14H,7-8H2,1-3H3,(H,13,15). The lowest BCUT2D eigenvalue weighted by Crippen LogP contribution is -2.35. The number of aliphatic hydroxyl groups is 1. The minimum Gasteiger partial charge on any atom is -0.393 e. The normalized spacial score (nSPS) is 13.5. The Morgan fingerprint density at radius 3 is 2.81 bits per heavy atom. The SMILES string of the molecule is CC(O)CC(C)(C)CNC(=O)c1cccs1. The van der Waals surface area contributed by atoms with Gasteiger partial charge in [-0.05, 0) is 30.2 Å². The van der Waals surface area contributed by atoms with Crippen molar-refractivity contribution < 1.29 is 9.90 Å². The lowest BCUT2D eigenvalue weighted by molar-refractivity contribution is 0.0906. The van der Waals surface area contributed by atoms with Gasteiger partial charge in [-0.25, -0.2) is 0 Å². The van der Waals surface area contributed by atoms with Gasteiger partial charge in [-0.15, -0.1) is 11.3 Å². The highest BCUT2D eigenvalue weighted by Crippen LogP contribution is 2.21. The van der Waals surface area contributed by atoms with Crippen LogP contribution < -0.4 is 5.32 Å². The predicted octanol–water partition coefficient (Wildman–Crippen LogP) is 2.28. The van der Waals surface area contributed by atoms with Gasteiger partial charge in [0, 0.05) is 6.54 Å². The summed E-state index contributed by atoms with van der Waals surface area (Å²) in [4.78, 5) is 12.4. The molecule has 1 unspecified atom stereocenters. The summed E-state index contributed by atoms with van der Waals surface area (Å²) in [5, 5.41) is 14.1. The molecule has 0 spiro atoms. The van der Waals surface area contributed by atoms with Crippen molar-refractivity contribution >= 4 is 17.2 Å². The molecule has 0 bridgehead atoms. The first-order valence-corrected chi connectivity index (χ1v) is 6.28. The first-order valence-electron chi connectivity index (χ1n) is 5.40. The van der Waals surface area contributed by atoms with Crippen LogP contribution in [0.15, 0.2) is 17.5 Å². The van der Waals surface area contributed by atoms with Crippen LogP contribution in [0.4, 0.5) is 0 Å². The monoisotopic (exact) mass is 241 g/mol. The number of nitrogens with one attached hydrogen (secondary N) is 1. The molecule has 4 heteroatoms. The zero-order valence-electron chi connectivity index (χ0n) is 9.99. The third kappa shape index (κ3) is 4.33. The Morgan fingerprint density at radius 2 is 2.31 bits per heavy atom. The summed E-state index contributed by atoms with van der Waals surface area (Å²) in [5.74, 6) is -0.0336. The predicted molar refractivity (Wildman–Crippen MR) is 66.7 cm³/mol. The van der Waals surface area contributed by atoms with E-state index in [9.17, 15) is 9.90 Å². The lowest BCUT2D eigenvalue weighted by atomic mass is 9.87. The number of thiophene rings is 1. The fourth-order valence-corrected chi connectivity index (χ4v) is 2.33. The van der Waals surface area contributed by atoms with Gasteiger partial charge in [0.2, 0.25) is 0 Å². The number of rotatable bonds is 5. The summed E-state index contributed by atoms with van der Waals surface area (Å²) >= 11 is 1.43. The highest BCUT2D eigenvalue weighted by molar-refractivity contribution is 7.12. The summed E-state index contributed by atoms with van der Waals surface area (Å²) in [7, 11) is 0. The molecule has 0 radical (unpaired) electrons. The Labute approximate surface area is 100 Å². The Hall–Kier alpha value is -0.870. The minimum atomic E-state index is -0.339.